The summed E-state index contributed by atoms with van der Waals surface area (Å²) >= 11 is 1.75. The molecular weight excluding hydrogens is 254 g/mol. The van der Waals surface area contributed by atoms with Crippen LogP contribution in [0.1, 0.15) is 12.5 Å². The molecule has 3 heteroatoms. The van der Waals surface area contributed by atoms with Gasteiger partial charge in [0.1, 0.15) is 5.75 Å². The Morgan fingerprint density at radius 3 is 2.58 bits per heavy atom. The van der Waals surface area contributed by atoms with Crippen LogP contribution in [0, 0.1) is 0 Å². The molecular formula is C16H19NOS. The number of para-hydroxylation sites is 2. The molecule has 0 bridgehead atoms. The van der Waals surface area contributed by atoms with Crippen LogP contribution >= 0.6 is 11.8 Å². The summed E-state index contributed by atoms with van der Waals surface area (Å²) in [6, 6.07) is 16.5. The number of benzene rings is 2. The van der Waals surface area contributed by atoms with Crippen molar-refractivity contribution in [3.05, 3.63) is 54.1 Å². The summed E-state index contributed by atoms with van der Waals surface area (Å²) < 4.78 is 5.64. The van der Waals surface area contributed by atoms with E-state index in [0.29, 0.717) is 6.61 Å². The smallest absolute Gasteiger partial charge is 0.124 e. The fourth-order valence-electron chi connectivity index (χ4n) is 1.93. The normalized spacial score (nSPS) is 10.2. The summed E-state index contributed by atoms with van der Waals surface area (Å²) in [5.41, 5.74) is 2.35. The van der Waals surface area contributed by atoms with E-state index in [1.54, 1.807) is 11.8 Å². The third-order valence-corrected chi connectivity index (χ3v) is 3.64. The Balaban J connectivity index is 2.10. The van der Waals surface area contributed by atoms with Crippen molar-refractivity contribution >= 4 is 17.4 Å². The van der Waals surface area contributed by atoms with Gasteiger partial charge in [-0.25, -0.2) is 0 Å². The van der Waals surface area contributed by atoms with Crippen molar-refractivity contribution in [2.24, 2.45) is 0 Å². The molecule has 0 radical (unpaired) electrons. The van der Waals surface area contributed by atoms with E-state index < -0.39 is 0 Å². The third kappa shape index (κ3) is 3.67. The predicted molar refractivity (Wildman–Crippen MR) is 83.2 cm³/mol. The first-order valence-electron chi connectivity index (χ1n) is 6.42. The summed E-state index contributed by atoms with van der Waals surface area (Å²) in [5.74, 6) is 0.958. The molecule has 0 aromatic heterocycles. The van der Waals surface area contributed by atoms with Crippen molar-refractivity contribution < 1.29 is 4.74 Å². The van der Waals surface area contributed by atoms with Crippen LogP contribution in [0.15, 0.2) is 53.4 Å². The van der Waals surface area contributed by atoms with E-state index in [4.69, 9.17) is 4.74 Å². The zero-order chi connectivity index (χ0) is 13.5. The third-order valence-electron chi connectivity index (χ3n) is 2.85. The van der Waals surface area contributed by atoms with E-state index in [1.165, 1.54) is 16.1 Å². The minimum absolute atomic E-state index is 0.693. The lowest BCUT2D eigenvalue weighted by Crippen LogP contribution is -2.03. The van der Waals surface area contributed by atoms with Crippen LogP contribution in [-0.4, -0.2) is 12.9 Å². The van der Waals surface area contributed by atoms with Gasteiger partial charge < -0.3 is 10.1 Å². The predicted octanol–water partition coefficient (Wildman–Crippen LogP) is 4.42. The van der Waals surface area contributed by atoms with Crippen molar-refractivity contribution in [2.75, 3.05) is 18.2 Å². The van der Waals surface area contributed by atoms with Gasteiger partial charge in [0.15, 0.2) is 0 Å². The molecule has 0 aliphatic rings. The lowest BCUT2D eigenvalue weighted by atomic mass is 10.2. The highest BCUT2D eigenvalue weighted by Gasteiger charge is 2.04. The molecule has 100 valence electrons. The molecule has 0 aliphatic heterocycles. The molecule has 0 atom stereocenters. The maximum absolute atomic E-state index is 5.64. The molecule has 19 heavy (non-hydrogen) atoms. The second-order valence-electron chi connectivity index (χ2n) is 4.09. The second kappa shape index (κ2) is 7.10. The van der Waals surface area contributed by atoms with Gasteiger partial charge in [-0.2, -0.15) is 0 Å². The van der Waals surface area contributed by atoms with Gasteiger partial charge in [-0.3, -0.25) is 0 Å². The first kappa shape index (κ1) is 13.8. The lowest BCUT2D eigenvalue weighted by molar-refractivity contribution is 0.337. The maximum atomic E-state index is 5.64. The Morgan fingerprint density at radius 2 is 1.79 bits per heavy atom. The van der Waals surface area contributed by atoms with Gasteiger partial charge in [-0.1, -0.05) is 30.3 Å². The fraction of sp³-hybridized carbons (Fsp3) is 0.250. The Hall–Kier alpha value is -1.61. The molecule has 0 amide bonds. The van der Waals surface area contributed by atoms with E-state index in [2.05, 4.69) is 41.9 Å². The number of nitrogens with one attached hydrogen (secondary N) is 1. The van der Waals surface area contributed by atoms with Gasteiger partial charge in [0.2, 0.25) is 0 Å². The second-order valence-corrected chi connectivity index (χ2v) is 4.94. The Kier molecular flexibility index (Phi) is 5.16. The lowest BCUT2D eigenvalue weighted by Gasteiger charge is -2.13. The van der Waals surface area contributed by atoms with E-state index in [9.17, 15) is 0 Å². The van der Waals surface area contributed by atoms with Crippen molar-refractivity contribution in [3.63, 3.8) is 0 Å². The van der Waals surface area contributed by atoms with Crippen LogP contribution in [-0.2, 0) is 6.54 Å². The quantitative estimate of drug-likeness (QED) is 0.787. The fourth-order valence-corrected chi connectivity index (χ4v) is 2.50. The van der Waals surface area contributed by atoms with Gasteiger partial charge in [0, 0.05) is 22.7 Å². The topological polar surface area (TPSA) is 21.3 Å². The molecule has 0 spiro atoms. The monoisotopic (exact) mass is 273 g/mol. The molecule has 2 nitrogen and oxygen atoms in total. The SMILES string of the molecule is CCOc1ccccc1CNc1ccccc1SC. The summed E-state index contributed by atoms with van der Waals surface area (Å²) in [6.07, 6.45) is 2.09. The zero-order valence-electron chi connectivity index (χ0n) is 11.3. The number of ether oxygens (including phenoxy) is 1. The van der Waals surface area contributed by atoms with Crippen molar-refractivity contribution in [3.8, 4) is 5.75 Å². The van der Waals surface area contributed by atoms with Crippen LogP contribution in [0.2, 0.25) is 0 Å². The molecule has 0 aliphatic carbocycles. The van der Waals surface area contributed by atoms with Gasteiger partial charge in [0.25, 0.3) is 0 Å². The molecule has 2 aromatic carbocycles. The average molecular weight is 273 g/mol. The Morgan fingerprint density at radius 1 is 1.05 bits per heavy atom. The summed E-state index contributed by atoms with van der Waals surface area (Å²) in [5, 5.41) is 3.48. The van der Waals surface area contributed by atoms with Gasteiger partial charge in [-0.05, 0) is 31.4 Å². The molecule has 0 saturated heterocycles. The van der Waals surface area contributed by atoms with E-state index in [-0.39, 0.29) is 0 Å². The largest absolute Gasteiger partial charge is 0.494 e. The molecule has 0 fully saturated rings. The Labute approximate surface area is 119 Å². The van der Waals surface area contributed by atoms with Gasteiger partial charge in [-0.15, -0.1) is 11.8 Å². The average Bonchev–Trinajstić information content (AvgIpc) is 2.47. The minimum Gasteiger partial charge on any atom is -0.494 e. The molecule has 0 unspecified atom stereocenters. The Bertz CT molecular complexity index is 528. The number of anilines is 1. The number of rotatable bonds is 6. The van der Waals surface area contributed by atoms with Crippen LogP contribution < -0.4 is 10.1 Å². The highest BCUT2D eigenvalue weighted by Crippen LogP contribution is 2.26. The minimum atomic E-state index is 0.693. The van der Waals surface area contributed by atoms with Crippen molar-refractivity contribution in [1.29, 1.82) is 0 Å². The van der Waals surface area contributed by atoms with Crippen LogP contribution in [0.25, 0.3) is 0 Å². The van der Waals surface area contributed by atoms with E-state index in [0.717, 1.165) is 12.3 Å². The highest BCUT2D eigenvalue weighted by molar-refractivity contribution is 7.98. The summed E-state index contributed by atoms with van der Waals surface area (Å²) in [4.78, 5) is 1.26. The maximum Gasteiger partial charge on any atom is 0.124 e. The van der Waals surface area contributed by atoms with E-state index in [1.807, 2.05) is 25.1 Å². The summed E-state index contributed by atoms with van der Waals surface area (Å²) in [7, 11) is 0. The number of hydrogen-bond acceptors (Lipinski definition) is 3. The highest BCUT2D eigenvalue weighted by atomic mass is 32.2. The first-order chi connectivity index (χ1) is 9.35. The summed E-state index contributed by atoms with van der Waals surface area (Å²) in [6.45, 7) is 3.47. The van der Waals surface area contributed by atoms with Gasteiger partial charge >= 0.3 is 0 Å². The van der Waals surface area contributed by atoms with E-state index >= 15 is 0 Å². The van der Waals surface area contributed by atoms with Crippen molar-refractivity contribution in [1.82, 2.24) is 0 Å². The zero-order valence-corrected chi connectivity index (χ0v) is 12.2. The molecule has 0 heterocycles. The number of hydrogen-bond donors (Lipinski definition) is 1. The number of thioether (sulfide) groups is 1. The van der Waals surface area contributed by atoms with Crippen LogP contribution in [0.4, 0.5) is 5.69 Å². The standard InChI is InChI=1S/C16H19NOS/c1-3-18-15-10-6-4-8-13(15)12-17-14-9-5-7-11-16(14)19-2/h4-11,17H,3,12H2,1-2H3. The first-order valence-corrected chi connectivity index (χ1v) is 7.65. The van der Waals surface area contributed by atoms with Crippen molar-refractivity contribution in [2.45, 2.75) is 18.4 Å². The van der Waals surface area contributed by atoms with Crippen LogP contribution in [0.5, 0.6) is 5.75 Å². The molecule has 0 saturated carbocycles. The van der Waals surface area contributed by atoms with Crippen LogP contribution in [0.3, 0.4) is 0 Å². The van der Waals surface area contributed by atoms with Gasteiger partial charge in [0.05, 0.1) is 6.61 Å². The molecule has 2 rings (SSSR count). The molecule has 1 N–H and O–H groups in total. The molecule has 2 aromatic rings.